The summed E-state index contributed by atoms with van der Waals surface area (Å²) in [5.74, 6) is 0. The summed E-state index contributed by atoms with van der Waals surface area (Å²) < 4.78 is 1.08. The number of nitrogen functional groups attached to an aromatic ring is 1. The van der Waals surface area contributed by atoms with Crippen molar-refractivity contribution in [3.8, 4) is 10.6 Å². The summed E-state index contributed by atoms with van der Waals surface area (Å²) in [6.07, 6.45) is 0. The number of fused-ring (bicyclic) bond motifs is 2. The number of nitrogens with zero attached hydrogens (tertiary/aromatic N) is 1. The molecule has 1 aromatic carbocycles. The number of benzene rings is 2. The van der Waals surface area contributed by atoms with Crippen LogP contribution in [0.1, 0.15) is 0 Å². The van der Waals surface area contributed by atoms with Crippen molar-refractivity contribution in [1.82, 2.24) is 4.98 Å². The Morgan fingerprint density at radius 3 is 2.88 bits per heavy atom. The van der Waals surface area contributed by atoms with Gasteiger partial charge in [-0.1, -0.05) is 0 Å². The Morgan fingerprint density at radius 1 is 1.12 bits per heavy atom. The first-order chi connectivity index (χ1) is 7.72. The Labute approximate surface area is 96.0 Å². The molecule has 0 radical (unpaired) electrons. The first kappa shape index (κ1) is 9.30. The molecule has 0 spiro atoms. The van der Waals surface area contributed by atoms with Crippen molar-refractivity contribution in [2.45, 2.75) is 0 Å². The van der Waals surface area contributed by atoms with E-state index >= 15 is 0 Å². The molecule has 0 amide bonds. The van der Waals surface area contributed by atoms with Crippen LogP contribution in [0.25, 0.3) is 20.8 Å². The second-order valence-electron chi connectivity index (χ2n) is 3.67. The van der Waals surface area contributed by atoms with E-state index in [1.165, 1.54) is 0 Å². The quantitative estimate of drug-likeness (QED) is 0.438. The summed E-state index contributed by atoms with van der Waals surface area (Å²) in [5, 5.41) is 6.51. The van der Waals surface area contributed by atoms with Gasteiger partial charge in [-0.25, -0.2) is 4.98 Å². The molecule has 16 heavy (non-hydrogen) atoms. The van der Waals surface area contributed by atoms with Crippen molar-refractivity contribution in [3.05, 3.63) is 41.8 Å². The third-order valence-electron chi connectivity index (χ3n) is 2.43. The topological polar surface area (TPSA) is 64.5 Å². The highest BCUT2D eigenvalue weighted by atomic mass is 32.1. The molecule has 78 valence electrons. The van der Waals surface area contributed by atoms with Gasteiger partial charge in [-0.05, 0) is 24.3 Å². The summed E-state index contributed by atoms with van der Waals surface area (Å²) in [6, 6.07) is 11.5. The second-order valence-corrected chi connectivity index (χ2v) is 4.75. The standard InChI is InChI=1S/C12H9N3S/c13-7-1-3-9-11(5-7)16-12-6-8(14)2-4-10(12)15-9/h1-6,13H,14H2/p+1. The van der Waals surface area contributed by atoms with Crippen LogP contribution in [0.15, 0.2) is 36.4 Å². The smallest absolute Gasteiger partial charge is 0.198 e. The Morgan fingerprint density at radius 2 is 2.00 bits per heavy atom. The molecule has 1 aliphatic heterocycles. The zero-order valence-electron chi connectivity index (χ0n) is 8.47. The normalized spacial score (nSPS) is 11.0. The predicted octanol–water partition coefficient (Wildman–Crippen LogP) is 0.643. The van der Waals surface area contributed by atoms with Gasteiger partial charge in [0.2, 0.25) is 0 Å². The highest BCUT2D eigenvalue weighted by molar-refractivity contribution is 7.21. The molecule has 1 heterocycles. The van der Waals surface area contributed by atoms with Crippen molar-refractivity contribution in [3.63, 3.8) is 0 Å². The molecule has 0 saturated carbocycles. The van der Waals surface area contributed by atoms with Crippen LogP contribution < -0.4 is 16.5 Å². The average molecular weight is 228 g/mol. The molecule has 1 aliphatic carbocycles. The van der Waals surface area contributed by atoms with Crippen molar-refractivity contribution in [1.29, 1.82) is 0 Å². The summed E-state index contributed by atoms with van der Waals surface area (Å²) >= 11 is 1.66. The fourth-order valence-corrected chi connectivity index (χ4v) is 2.72. The van der Waals surface area contributed by atoms with Gasteiger partial charge in [0.05, 0.1) is 20.8 Å². The average Bonchev–Trinajstić information content (AvgIpc) is 2.26. The van der Waals surface area contributed by atoms with Gasteiger partial charge in [0.1, 0.15) is 0 Å². The van der Waals surface area contributed by atoms with Crippen LogP contribution in [-0.2, 0) is 0 Å². The van der Waals surface area contributed by atoms with Gasteiger partial charge < -0.3 is 5.73 Å². The van der Waals surface area contributed by atoms with Crippen LogP contribution in [0.4, 0.5) is 5.69 Å². The van der Waals surface area contributed by atoms with Crippen LogP contribution in [0.2, 0.25) is 0 Å². The largest absolute Gasteiger partial charge is 0.399 e. The van der Waals surface area contributed by atoms with Gasteiger partial charge in [-0.2, -0.15) is 0 Å². The number of anilines is 1. The number of nitrogens with two attached hydrogens (primary N) is 2. The first-order valence-electron chi connectivity index (χ1n) is 4.91. The minimum Gasteiger partial charge on any atom is -0.399 e. The van der Waals surface area contributed by atoms with Crippen molar-refractivity contribution in [2.75, 3.05) is 5.73 Å². The molecule has 2 aliphatic rings. The van der Waals surface area contributed by atoms with E-state index < -0.39 is 0 Å². The summed E-state index contributed by atoms with van der Waals surface area (Å²) in [7, 11) is 0. The molecule has 0 fully saturated rings. The minimum absolute atomic E-state index is 0.758. The van der Waals surface area contributed by atoms with E-state index in [1.807, 2.05) is 36.4 Å². The molecule has 0 bridgehead atoms. The Hall–Kier alpha value is -1.94. The molecule has 1 aromatic rings. The van der Waals surface area contributed by atoms with Gasteiger partial charge in [-0.15, -0.1) is 11.3 Å². The highest BCUT2D eigenvalue weighted by Crippen LogP contribution is 2.30. The van der Waals surface area contributed by atoms with E-state index in [-0.39, 0.29) is 0 Å². The molecule has 0 aromatic heterocycles. The van der Waals surface area contributed by atoms with Crippen LogP contribution in [0, 0.1) is 0 Å². The highest BCUT2D eigenvalue weighted by Gasteiger charge is 2.07. The van der Waals surface area contributed by atoms with Crippen molar-refractivity contribution < 1.29 is 5.41 Å². The molecular formula is C12H10N3S+. The Balaban J connectivity index is 2.46. The SMILES string of the molecule is Nc1ccc2nc3ccc(=[NH2+])cc-3sc2c1. The lowest BCUT2D eigenvalue weighted by Gasteiger charge is -2.05. The van der Waals surface area contributed by atoms with Crippen LogP contribution in [-0.4, -0.2) is 4.98 Å². The van der Waals surface area contributed by atoms with E-state index in [0.717, 1.165) is 31.8 Å². The van der Waals surface area contributed by atoms with Crippen molar-refractivity contribution in [2.24, 2.45) is 0 Å². The van der Waals surface area contributed by atoms with Gasteiger partial charge in [0, 0.05) is 17.8 Å². The van der Waals surface area contributed by atoms with Crippen LogP contribution in [0.5, 0.6) is 0 Å². The number of hydrogen-bond donors (Lipinski definition) is 2. The lowest BCUT2D eigenvalue weighted by atomic mass is 10.2. The second kappa shape index (κ2) is 3.28. The monoisotopic (exact) mass is 228 g/mol. The molecule has 3 nitrogen and oxygen atoms in total. The molecule has 4 heteroatoms. The number of aromatic nitrogens is 1. The lowest BCUT2D eigenvalue weighted by molar-refractivity contribution is -0.172. The zero-order valence-corrected chi connectivity index (χ0v) is 9.29. The molecule has 0 unspecified atom stereocenters. The fourth-order valence-electron chi connectivity index (χ4n) is 1.66. The van der Waals surface area contributed by atoms with Gasteiger partial charge in [0.25, 0.3) is 0 Å². The zero-order chi connectivity index (χ0) is 11.1. The van der Waals surface area contributed by atoms with Gasteiger partial charge in [0.15, 0.2) is 5.36 Å². The van der Waals surface area contributed by atoms with Crippen LogP contribution in [0.3, 0.4) is 0 Å². The maximum absolute atomic E-state index is 5.75. The summed E-state index contributed by atoms with van der Waals surface area (Å²) in [6.45, 7) is 0. The van der Waals surface area contributed by atoms with Gasteiger partial charge in [-0.3, -0.25) is 5.41 Å². The molecule has 3 rings (SSSR count). The lowest BCUT2D eigenvalue weighted by Crippen LogP contribution is -2.44. The third-order valence-corrected chi connectivity index (χ3v) is 3.52. The number of hydrogen-bond acceptors (Lipinski definition) is 3. The first-order valence-corrected chi connectivity index (χ1v) is 5.73. The van der Waals surface area contributed by atoms with E-state index in [2.05, 4.69) is 4.98 Å². The Kier molecular flexibility index (Phi) is 1.91. The van der Waals surface area contributed by atoms with Gasteiger partial charge >= 0.3 is 0 Å². The number of rotatable bonds is 0. The summed E-state index contributed by atoms with van der Waals surface area (Å²) in [5.41, 5.74) is 8.45. The Bertz CT molecular complexity index is 702. The minimum atomic E-state index is 0.758. The molecule has 4 N–H and O–H groups in total. The molecule has 0 saturated heterocycles. The molecular weight excluding hydrogens is 218 g/mol. The predicted molar refractivity (Wildman–Crippen MR) is 65.7 cm³/mol. The molecule has 0 atom stereocenters. The maximum Gasteiger partial charge on any atom is 0.198 e. The van der Waals surface area contributed by atoms with Crippen molar-refractivity contribution >= 4 is 27.2 Å². The summed E-state index contributed by atoms with van der Waals surface area (Å²) in [4.78, 5) is 5.64. The van der Waals surface area contributed by atoms with E-state index in [4.69, 9.17) is 11.1 Å². The fraction of sp³-hybridized carbons (Fsp3) is 0. The van der Waals surface area contributed by atoms with E-state index in [1.54, 1.807) is 11.3 Å². The maximum atomic E-state index is 5.75. The third kappa shape index (κ3) is 1.44. The van der Waals surface area contributed by atoms with E-state index in [0.29, 0.717) is 0 Å². The van der Waals surface area contributed by atoms with Crippen LogP contribution >= 0.6 is 11.3 Å². The van der Waals surface area contributed by atoms with E-state index in [9.17, 15) is 0 Å².